The second-order valence-electron chi connectivity index (χ2n) is 2.59. The van der Waals surface area contributed by atoms with Crippen molar-refractivity contribution in [2.45, 2.75) is 25.2 Å². The molecule has 1 rings (SSSR count). The summed E-state index contributed by atoms with van der Waals surface area (Å²) in [4.78, 5) is 10.4. The molecule has 0 spiro atoms. The van der Waals surface area contributed by atoms with E-state index in [4.69, 9.17) is 5.11 Å². The molecular weight excluding hydrogens is 184 g/mol. The van der Waals surface area contributed by atoms with Gasteiger partial charge in [-0.05, 0) is 19.1 Å². The van der Waals surface area contributed by atoms with E-state index >= 15 is 0 Å². The largest absolute Gasteiger partial charge is 0.481 e. The van der Waals surface area contributed by atoms with Crippen LogP contribution in [-0.4, -0.2) is 11.1 Å². The van der Waals surface area contributed by atoms with E-state index < -0.39 is 5.97 Å². The topological polar surface area (TPSA) is 37.3 Å². The third-order valence-electron chi connectivity index (χ3n) is 1.30. The Morgan fingerprint density at radius 1 is 1.54 bits per heavy atom. The predicted octanol–water partition coefficient (Wildman–Crippen LogP) is 2.76. The number of carboxylic acids is 1. The molecule has 0 radical (unpaired) electrons. The summed E-state index contributed by atoms with van der Waals surface area (Å²) in [6, 6.07) is 8.05. The van der Waals surface area contributed by atoms with Gasteiger partial charge in [0, 0.05) is 11.3 Å². The molecule has 0 amide bonds. The zero-order valence-corrected chi connectivity index (χ0v) is 8.71. The Morgan fingerprint density at radius 2 is 2.08 bits per heavy atom. The molecule has 1 aromatic carbocycles. The summed E-state index contributed by atoms with van der Waals surface area (Å²) in [5.74, 6) is -0.745. The third kappa shape index (κ3) is 7.40. The highest BCUT2D eigenvalue weighted by molar-refractivity contribution is 7.80. The number of rotatable bonds is 1. The minimum absolute atomic E-state index is 0.222. The Hall–Kier alpha value is -0.960. The Kier molecular flexibility index (Phi) is 6.06. The number of hydrogen-bond acceptors (Lipinski definition) is 2. The van der Waals surface area contributed by atoms with Crippen LogP contribution in [0.4, 0.5) is 0 Å². The van der Waals surface area contributed by atoms with Gasteiger partial charge in [-0.1, -0.05) is 24.6 Å². The lowest BCUT2D eigenvalue weighted by atomic mass is 10.2. The standard InChI is InChI=1S/C7H8S.C3H6O2/c1-6-3-2-4-7(8)5-6;1-2-3(4)5/h2-5,8H,1H3;2H2,1H3,(H,4,5). The van der Waals surface area contributed by atoms with Crippen molar-refractivity contribution in [2.24, 2.45) is 0 Å². The van der Waals surface area contributed by atoms with E-state index in [1.54, 1.807) is 6.92 Å². The molecule has 2 nitrogen and oxygen atoms in total. The minimum Gasteiger partial charge on any atom is -0.481 e. The SMILES string of the molecule is CCC(=O)O.Cc1cccc(S)c1. The van der Waals surface area contributed by atoms with E-state index in [0.717, 1.165) is 4.90 Å². The molecule has 0 fully saturated rings. The lowest BCUT2D eigenvalue weighted by molar-refractivity contribution is -0.136. The van der Waals surface area contributed by atoms with E-state index in [1.807, 2.05) is 18.2 Å². The normalized spacial score (nSPS) is 8.54. The molecule has 1 N–H and O–H groups in total. The fraction of sp³-hybridized carbons (Fsp3) is 0.300. The molecule has 0 saturated heterocycles. The highest BCUT2D eigenvalue weighted by Gasteiger charge is 1.81. The van der Waals surface area contributed by atoms with Gasteiger partial charge in [0.15, 0.2) is 0 Å². The third-order valence-corrected chi connectivity index (χ3v) is 1.58. The van der Waals surface area contributed by atoms with E-state index in [1.165, 1.54) is 5.56 Å². The maximum absolute atomic E-state index is 9.37. The van der Waals surface area contributed by atoms with Crippen molar-refractivity contribution in [3.05, 3.63) is 29.8 Å². The second kappa shape index (κ2) is 6.54. The van der Waals surface area contributed by atoms with Gasteiger partial charge in [-0.15, -0.1) is 12.6 Å². The van der Waals surface area contributed by atoms with Gasteiger partial charge in [0.1, 0.15) is 0 Å². The van der Waals surface area contributed by atoms with Crippen molar-refractivity contribution >= 4 is 18.6 Å². The van der Waals surface area contributed by atoms with Crippen LogP contribution in [0, 0.1) is 6.92 Å². The summed E-state index contributed by atoms with van der Waals surface area (Å²) in [6.45, 7) is 3.65. The summed E-state index contributed by atoms with van der Waals surface area (Å²) in [5, 5.41) is 7.72. The fourth-order valence-corrected chi connectivity index (χ4v) is 0.918. The molecule has 0 aliphatic rings. The van der Waals surface area contributed by atoms with Crippen LogP contribution in [0.2, 0.25) is 0 Å². The van der Waals surface area contributed by atoms with Crippen molar-refractivity contribution in [1.29, 1.82) is 0 Å². The van der Waals surface area contributed by atoms with Crippen LogP contribution in [0.1, 0.15) is 18.9 Å². The molecule has 3 heteroatoms. The van der Waals surface area contributed by atoms with Gasteiger partial charge in [0.2, 0.25) is 0 Å². The van der Waals surface area contributed by atoms with Crippen LogP contribution in [0.25, 0.3) is 0 Å². The average molecular weight is 198 g/mol. The van der Waals surface area contributed by atoms with Crippen LogP contribution in [0.5, 0.6) is 0 Å². The molecule has 0 aliphatic carbocycles. The fourth-order valence-electron chi connectivity index (χ4n) is 0.628. The number of aliphatic carboxylic acids is 1. The molecule has 0 saturated carbocycles. The summed E-state index contributed by atoms with van der Waals surface area (Å²) in [7, 11) is 0. The van der Waals surface area contributed by atoms with Crippen molar-refractivity contribution in [1.82, 2.24) is 0 Å². The Balaban J connectivity index is 0.000000252. The number of carbonyl (C=O) groups is 1. The molecule has 1 aromatic rings. The molecular formula is C10H14O2S. The highest BCUT2D eigenvalue weighted by Crippen LogP contribution is 2.06. The number of hydrogen-bond donors (Lipinski definition) is 2. The molecule has 0 aliphatic heterocycles. The molecule has 0 bridgehead atoms. The Morgan fingerprint density at radius 3 is 2.31 bits per heavy atom. The van der Waals surface area contributed by atoms with Crippen LogP contribution in [-0.2, 0) is 4.79 Å². The zero-order chi connectivity index (χ0) is 10.3. The first-order valence-corrected chi connectivity index (χ1v) is 4.48. The molecule has 0 atom stereocenters. The lowest BCUT2D eigenvalue weighted by Gasteiger charge is -1.89. The lowest BCUT2D eigenvalue weighted by Crippen LogP contribution is -1.86. The molecule has 72 valence electrons. The number of benzene rings is 1. The number of carboxylic acid groups (broad SMARTS) is 1. The first-order valence-electron chi connectivity index (χ1n) is 4.03. The van der Waals surface area contributed by atoms with Gasteiger partial charge in [0.05, 0.1) is 0 Å². The molecule has 0 aromatic heterocycles. The summed E-state index contributed by atoms with van der Waals surface area (Å²) in [6.07, 6.45) is 0.222. The van der Waals surface area contributed by atoms with Crippen molar-refractivity contribution in [3.8, 4) is 0 Å². The molecule has 0 unspecified atom stereocenters. The first kappa shape index (κ1) is 12.0. The minimum atomic E-state index is -0.745. The van der Waals surface area contributed by atoms with E-state index in [9.17, 15) is 4.79 Å². The van der Waals surface area contributed by atoms with Gasteiger partial charge >= 0.3 is 5.97 Å². The van der Waals surface area contributed by atoms with E-state index in [0.29, 0.717) is 0 Å². The van der Waals surface area contributed by atoms with E-state index in [-0.39, 0.29) is 6.42 Å². The quantitative estimate of drug-likeness (QED) is 0.681. The smallest absolute Gasteiger partial charge is 0.303 e. The monoisotopic (exact) mass is 198 g/mol. The van der Waals surface area contributed by atoms with Gasteiger partial charge in [-0.3, -0.25) is 4.79 Å². The van der Waals surface area contributed by atoms with Crippen LogP contribution in [0.3, 0.4) is 0 Å². The maximum atomic E-state index is 9.37. The zero-order valence-electron chi connectivity index (χ0n) is 7.82. The number of aryl methyl sites for hydroxylation is 1. The van der Waals surface area contributed by atoms with Crippen molar-refractivity contribution in [3.63, 3.8) is 0 Å². The second-order valence-corrected chi connectivity index (χ2v) is 3.10. The van der Waals surface area contributed by atoms with Crippen molar-refractivity contribution in [2.75, 3.05) is 0 Å². The van der Waals surface area contributed by atoms with Crippen molar-refractivity contribution < 1.29 is 9.90 Å². The highest BCUT2D eigenvalue weighted by atomic mass is 32.1. The Labute approximate surface area is 84.0 Å². The summed E-state index contributed by atoms with van der Waals surface area (Å²) in [5.41, 5.74) is 1.26. The van der Waals surface area contributed by atoms with Crippen LogP contribution >= 0.6 is 12.6 Å². The average Bonchev–Trinajstić information content (AvgIpc) is 2.05. The van der Waals surface area contributed by atoms with Gasteiger partial charge in [0.25, 0.3) is 0 Å². The van der Waals surface area contributed by atoms with Crippen LogP contribution in [0.15, 0.2) is 29.2 Å². The Bertz CT molecular complexity index is 254. The van der Waals surface area contributed by atoms with Gasteiger partial charge in [-0.25, -0.2) is 0 Å². The van der Waals surface area contributed by atoms with Crippen LogP contribution < -0.4 is 0 Å². The molecule has 0 heterocycles. The maximum Gasteiger partial charge on any atom is 0.303 e. The predicted molar refractivity (Wildman–Crippen MR) is 56.4 cm³/mol. The summed E-state index contributed by atoms with van der Waals surface area (Å²) < 4.78 is 0. The number of thiol groups is 1. The summed E-state index contributed by atoms with van der Waals surface area (Å²) >= 11 is 4.15. The van der Waals surface area contributed by atoms with Gasteiger partial charge in [-0.2, -0.15) is 0 Å². The molecule has 13 heavy (non-hydrogen) atoms. The van der Waals surface area contributed by atoms with Gasteiger partial charge < -0.3 is 5.11 Å². The van der Waals surface area contributed by atoms with E-state index in [2.05, 4.69) is 25.6 Å². The first-order chi connectivity index (χ1) is 6.06.